The topological polar surface area (TPSA) is 72.5 Å². The highest BCUT2D eigenvalue weighted by molar-refractivity contribution is 9.10. The average molecular weight is 277 g/mol. The number of nitrogens with two attached hydrogens (primary N) is 1. The molecule has 0 aliphatic heterocycles. The molecule has 2 N–H and O–H groups in total. The number of benzene rings is 1. The van der Waals surface area contributed by atoms with Gasteiger partial charge in [0.05, 0.1) is 11.1 Å². The Morgan fingerprint density at radius 2 is 2.14 bits per heavy atom. The summed E-state index contributed by atoms with van der Waals surface area (Å²) in [6.07, 6.45) is 2.60. The van der Waals surface area contributed by atoms with E-state index >= 15 is 0 Å². The van der Waals surface area contributed by atoms with Crippen molar-refractivity contribution in [3.8, 4) is 0 Å². The summed E-state index contributed by atoms with van der Waals surface area (Å²) in [6, 6.07) is 4.79. The van der Waals surface area contributed by atoms with E-state index in [0.29, 0.717) is 4.47 Å². The van der Waals surface area contributed by atoms with Crippen LogP contribution >= 0.6 is 15.9 Å². The first kappa shape index (κ1) is 11.2. The minimum absolute atomic E-state index is 0.256. The van der Waals surface area contributed by atoms with Crippen molar-refractivity contribution in [2.75, 3.05) is 6.26 Å². The minimum atomic E-state index is -3.19. The van der Waals surface area contributed by atoms with E-state index in [2.05, 4.69) is 21.0 Å². The van der Waals surface area contributed by atoms with Gasteiger partial charge in [-0.25, -0.2) is 8.42 Å². The highest BCUT2D eigenvalue weighted by Gasteiger charge is 2.11. The first-order valence-electron chi connectivity index (χ1n) is 3.68. The molecular weight excluding hydrogens is 268 g/mol. The first-order valence-corrected chi connectivity index (χ1v) is 6.36. The summed E-state index contributed by atoms with van der Waals surface area (Å²) < 4.78 is 23.0. The second-order valence-electron chi connectivity index (χ2n) is 2.74. The lowest BCUT2D eigenvalue weighted by Crippen LogP contribution is -1.99. The number of hydrogen-bond acceptors (Lipinski definition) is 4. The van der Waals surface area contributed by atoms with Crippen LogP contribution in [0.5, 0.6) is 0 Å². The van der Waals surface area contributed by atoms with Crippen LogP contribution in [0.25, 0.3) is 0 Å². The van der Waals surface area contributed by atoms with Gasteiger partial charge in [0.25, 0.3) is 0 Å². The van der Waals surface area contributed by atoms with E-state index < -0.39 is 9.84 Å². The highest BCUT2D eigenvalue weighted by atomic mass is 79.9. The molecule has 0 aliphatic carbocycles. The van der Waals surface area contributed by atoms with Crippen LogP contribution in [-0.2, 0) is 9.84 Å². The van der Waals surface area contributed by atoms with E-state index in [-0.39, 0.29) is 4.90 Å². The molecule has 4 nitrogen and oxygen atoms in total. The molecule has 0 atom stereocenters. The first-order chi connectivity index (χ1) is 6.45. The van der Waals surface area contributed by atoms with E-state index in [0.717, 1.165) is 11.8 Å². The maximum absolute atomic E-state index is 11.2. The molecule has 0 spiro atoms. The van der Waals surface area contributed by atoms with Crippen molar-refractivity contribution in [2.24, 2.45) is 10.9 Å². The zero-order valence-corrected chi connectivity index (χ0v) is 9.84. The Kier molecular flexibility index (Phi) is 3.28. The molecule has 6 heteroatoms. The van der Waals surface area contributed by atoms with E-state index in [1.54, 1.807) is 12.1 Å². The molecule has 0 saturated carbocycles. The summed E-state index contributed by atoms with van der Waals surface area (Å²) in [7, 11) is -3.19. The van der Waals surface area contributed by atoms with Crippen molar-refractivity contribution < 1.29 is 8.42 Å². The fourth-order valence-corrected chi connectivity index (χ4v) is 2.99. The van der Waals surface area contributed by atoms with E-state index in [9.17, 15) is 8.42 Å². The predicted molar refractivity (Wildman–Crippen MR) is 59.0 cm³/mol. The monoisotopic (exact) mass is 276 g/mol. The van der Waals surface area contributed by atoms with Crippen molar-refractivity contribution in [2.45, 2.75) is 4.90 Å². The Morgan fingerprint density at radius 3 is 2.57 bits per heavy atom. The van der Waals surface area contributed by atoms with Crippen molar-refractivity contribution in [1.82, 2.24) is 0 Å². The molecule has 0 fully saturated rings. The van der Waals surface area contributed by atoms with Gasteiger partial charge in [-0.15, -0.1) is 0 Å². The van der Waals surface area contributed by atoms with Gasteiger partial charge in [-0.1, -0.05) is 6.07 Å². The van der Waals surface area contributed by atoms with Crippen LogP contribution in [0.2, 0.25) is 0 Å². The summed E-state index contributed by atoms with van der Waals surface area (Å²) in [6.45, 7) is 0. The zero-order valence-electron chi connectivity index (χ0n) is 7.44. The van der Waals surface area contributed by atoms with Gasteiger partial charge in [-0.3, -0.25) is 0 Å². The average Bonchev–Trinajstić information content (AvgIpc) is 2.02. The summed E-state index contributed by atoms with van der Waals surface area (Å²) in [5, 5.41) is 3.34. The van der Waals surface area contributed by atoms with Crippen molar-refractivity contribution in [3.63, 3.8) is 0 Å². The van der Waals surface area contributed by atoms with Crippen LogP contribution in [0.1, 0.15) is 5.56 Å². The van der Waals surface area contributed by atoms with Crippen LogP contribution in [0.4, 0.5) is 0 Å². The largest absolute Gasteiger partial charge is 0.323 e. The Balaban J connectivity index is 3.28. The van der Waals surface area contributed by atoms with Crippen LogP contribution in [-0.4, -0.2) is 20.9 Å². The fourth-order valence-electron chi connectivity index (χ4n) is 0.984. The summed E-state index contributed by atoms with van der Waals surface area (Å²) in [5.41, 5.74) is 0.742. The minimum Gasteiger partial charge on any atom is -0.323 e. The lowest BCUT2D eigenvalue weighted by Gasteiger charge is -2.02. The molecule has 1 rings (SSSR count). The van der Waals surface area contributed by atoms with Gasteiger partial charge in [-0.2, -0.15) is 5.10 Å². The zero-order chi connectivity index (χ0) is 10.8. The molecule has 0 radical (unpaired) electrons. The van der Waals surface area contributed by atoms with Gasteiger partial charge in [0.1, 0.15) is 0 Å². The third-order valence-corrected chi connectivity index (χ3v) is 3.65. The molecule has 0 heterocycles. The maximum atomic E-state index is 11.2. The second-order valence-corrected chi connectivity index (χ2v) is 5.58. The van der Waals surface area contributed by atoms with Gasteiger partial charge >= 0.3 is 0 Å². The number of hydrazone groups is 1. The van der Waals surface area contributed by atoms with Gasteiger partial charge in [0, 0.05) is 10.7 Å². The number of hydrogen-bond donors (Lipinski definition) is 1. The molecular formula is C8H9BrN2O2S. The maximum Gasteiger partial charge on any atom is 0.176 e. The van der Waals surface area contributed by atoms with Crippen LogP contribution in [0.3, 0.4) is 0 Å². The standard InChI is InChI=1S/C8H9BrN2O2S/c1-14(12,13)8-3-2-6(5-11-10)4-7(8)9/h2-5H,10H2,1H3. The molecule has 1 aromatic carbocycles. The van der Waals surface area contributed by atoms with E-state index in [1.807, 2.05) is 0 Å². The van der Waals surface area contributed by atoms with Crippen molar-refractivity contribution in [3.05, 3.63) is 28.2 Å². The van der Waals surface area contributed by atoms with E-state index in [1.165, 1.54) is 12.3 Å². The van der Waals surface area contributed by atoms with Crippen molar-refractivity contribution in [1.29, 1.82) is 0 Å². The normalized spacial score (nSPS) is 12.1. The summed E-state index contributed by atoms with van der Waals surface area (Å²) in [5.74, 6) is 4.97. The quantitative estimate of drug-likeness (QED) is 0.500. The fraction of sp³-hybridized carbons (Fsp3) is 0.125. The van der Waals surface area contributed by atoms with Crippen LogP contribution in [0, 0.1) is 0 Å². The Labute approximate surface area is 90.9 Å². The molecule has 0 unspecified atom stereocenters. The molecule has 0 amide bonds. The molecule has 1 aromatic rings. The van der Waals surface area contributed by atoms with Crippen LogP contribution in [0.15, 0.2) is 32.7 Å². The second kappa shape index (κ2) is 4.10. The number of halogens is 1. The molecule has 0 bridgehead atoms. The number of rotatable bonds is 2. The molecule has 0 aliphatic rings. The summed E-state index contributed by atoms with van der Waals surface area (Å²) in [4.78, 5) is 0.256. The Bertz CT molecular complexity index is 468. The number of nitrogens with zero attached hydrogens (tertiary/aromatic N) is 1. The predicted octanol–water partition coefficient (Wildman–Crippen LogP) is 1.15. The molecule has 0 saturated heterocycles. The lowest BCUT2D eigenvalue weighted by molar-refractivity contribution is 0.601. The third kappa shape index (κ3) is 2.55. The third-order valence-electron chi connectivity index (χ3n) is 1.58. The lowest BCUT2D eigenvalue weighted by atomic mass is 10.2. The highest BCUT2D eigenvalue weighted by Crippen LogP contribution is 2.22. The van der Waals surface area contributed by atoms with Crippen molar-refractivity contribution >= 4 is 32.0 Å². The Hall–Kier alpha value is -0.880. The van der Waals surface area contributed by atoms with Gasteiger partial charge in [0.2, 0.25) is 0 Å². The van der Waals surface area contributed by atoms with Gasteiger partial charge < -0.3 is 5.84 Å². The Morgan fingerprint density at radius 1 is 1.50 bits per heavy atom. The van der Waals surface area contributed by atoms with E-state index in [4.69, 9.17) is 5.84 Å². The molecule has 76 valence electrons. The van der Waals surface area contributed by atoms with Gasteiger partial charge in [-0.05, 0) is 33.6 Å². The van der Waals surface area contributed by atoms with Gasteiger partial charge in [0.15, 0.2) is 9.84 Å². The summed E-state index contributed by atoms with van der Waals surface area (Å²) >= 11 is 3.17. The molecule has 14 heavy (non-hydrogen) atoms. The van der Waals surface area contributed by atoms with Crippen LogP contribution < -0.4 is 5.84 Å². The number of sulfone groups is 1. The molecule has 0 aromatic heterocycles. The smallest absolute Gasteiger partial charge is 0.176 e. The SMILES string of the molecule is CS(=O)(=O)c1ccc(C=NN)cc1Br.